The number of nitrogens with one attached hydrogen (secondary N) is 1. The van der Waals surface area contributed by atoms with Crippen LogP contribution in [0.1, 0.15) is 39.9 Å². The summed E-state index contributed by atoms with van der Waals surface area (Å²) in [5, 5.41) is 7.54. The molecule has 0 spiro atoms. The molecule has 0 unspecified atom stereocenters. The minimum atomic E-state index is -2.68. The minimum Gasteiger partial charge on any atom is -0.338 e. The fourth-order valence-electron chi connectivity index (χ4n) is 4.05. The molecule has 8 heteroatoms. The molecule has 3 heterocycles. The van der Waals surface area contributed by atoms with Crippen LogP contribution < -0.4 is 5.56 Å². The summed E-state index contributed by atoms with van der Waals surface area (Å²) in [6.07, 6.45) is 1.01. The number of nitrogens with zero attached hydrogens (tertiary/aromatic N) is 3. The maximum atomic E-state index is 13.4. The van der Waals surface area contributed by atoms with Crippen LogP contribution in [0.5, 0.6) is 0 Å². The number of hydrogen-bond donors (Lipinski definition) is 1. The third-order valence-electron chi connectivity index (χ3n) is 5.74. The topological polar surface area (TPSA) is 78.4 Å². The number of carbonyl (C=O) groups is 1. The highest BCUT2D eigenvalue weighted by Gasteiger charge is 2.36. The van der Waals surface area contributed by atoms with Gasteiger partial charge in [-0.15, -0.1) is 0 Å². The Bertz CT molecular complexity index is 1260. The molecule has 0 aliphatic carbocycles. The average Bonchev–Trinajstić information content (AvgIpc) is 3.16. The number of rotatable bonds is 2. The number of aliphatic imine (C=N–C) groups is 1. The standard InChI is InChI=1S/C22H18F2N4O2/c23-22(24)5-7-28(8-6-22)21(30)14-2-3-17-15(10-14)11-25-19(17)13-1-4-18-16(9-13)12-26-27-20(18)29/h1-4,9-10,12H,5-8,11H2,(H,27,29). The van der Waals surface area contributed by atoms with E-state index < -0.39 is 5.92 Å². The minimum absolute atomic E-state index is 0.0644. The van der Waals surface area contributed by atoms with Gasteiger partial charge in [0, 0.05) is 48.0 Å². The molecule has 1 amide bonds. The van der Waals surface area contributed by atoms with Crippen molar-refractivity contribution in [3.8, 4) is 0 Å². The maximum Gasteiger partial charge on any atom is 0.272 e. The number of alkyl halides is 2. The molecule has 0 bridgehead atoms. The fourth-order valence-corrected chi connectivity index (χ4v) is 4.05. The summed E-state index contributed by atoms with van der Waals surface area (Å²) in [6.45, 7) is 0.569. The van der Waals surface area contributed by atoms with Crippen LogP contribution in [0.25, 0.3) is 10.8 Å². The second-order valence-corrected chi connectivity index (χ2v) is 7.69. The molecule has 6 nitrogen and oxygen atoms in total. The van der Waals surface area contributed by atoms with Crippen molar-refractivity contribution in [3.63, 3.8) is 0 Å². The Morgan fingerprint density at radius 1 is 1.10 bits per heavy atom. The van der Waals surface area contributed by atoms with Crippen molar-refractivity contribution in [2.24, 2.45) is 4.99 Å². The Morgan fingerprint density at radius 3 is 2.70 bits per heavy atom. The number of H-pyrrole nitrogens is 1. The second kappa shape index (κ2) is 6.83. The van der Waals surface area contributed by atoms with Crippen molar-refractivity contribution in [3.05, 3.63) is 75.2 Å². The van der Waals surface area contributed by atoms with Crippen molar-refractivity contribution in [2.75, 3.05) is 13.1 Å². The van der Waals surface area contributed by atoms with Crippen molar-refractivity contribution in [2.45, 2.75) is 25.3 Å². The summed E-state index contributed by atoms with van der Waals surface area (Å²) >= 11 is 0. The molecule has 1 aromatic heterocycles. The van der Waals surface area contributed by atoms with E-state index in [-0.39, 0.29) is 37.4 Å². The van der Waals surface area contributed by atoms with Gasteiger partial charge in [-0.1, -0.05) is 12.1 Å². The molecule has 0 saturated carbocycles. The van der Waals surface area contributed by atoms with Crippen LogP contribution in [-0.2, 0) is 6.54 Å². The zero-order valence-corrected chi connectivity index (χ0v) is 16.0. The molecule has 1 fully saturated rings. The van der Waals surface area contributed by atoms with Gasteiger partial charge in [-0.3, -0.25) is 14.6 Å². The zero-order chi connectivity index (χ0) is 20.9. The first-order valence-electron chi connectivity index (χ1n) is 9.74. The average molecular weight is 408 g/mol. The van der Waals surface area contributed by atoms with E-state index in [1.165, 1.54) is 4.90 Å². The predicted octanol–water partition coefficient (Wildman–Crippen LogP) is 3.15. The highest BCUT2D eigenvalue weighted by atomic mass is 19.3. The first kappa shape index (κ1) is 18.6. The second-order valence-electron chi connectivity index (χ2n) is 7.69. The van der Waals surface area contributed by atoms with Crippen molar-refractivity contribution in [1.29, 1.82) is 0 Å². The lowest BCUT2D eigenvalue weighted by atomic mass is 9.96. The number of aromatic nitrogens is 2. The number of hydrogen-bond acceptors (Lipinski definition) is 4. The molecule has 3 aromatic rings. The third-order valence-corrected chi connectivity index (χ3v) is 5.74. The van der Waals surface area contributed by atoms with Gasteiger partial charge in [0.15, 0.2) is 0 Å². The van der Waals surface area contributed by atoms with E-state index in [4.69, 9.17) is 0 Å². The molecule has 152 valence electrons. The lowest BCUT2D eigenvalue weighted by Gasteiger charge is -2.31. The van der Waals surface area contributed by atoms with Gasteiger partial charge in [-0.25, -0.2) is 13.9 Å². The molecule has 2 aliphatic rings. The lowest BCUT2D eigenvalue weighted by molar-refractivity contribution is -0.0494. The summed E-state index contributed by atoms with van der Waals surface area (Å²) in [5.74, 6) is -2.91. The van der Waals surface area contributed by atoms with E-state index in [1.54, 1.807) is 24.4 Å². The van der Waals surface area contributed by atoms with E-state index in [9.17, 15) is 18.4 Å². The van der Waals surface area contributed by atoms with Gasteiger partial charge in [0.25, 0.3) is 17.4 Å². The van der Waals surface area contributed by atoms with Gasteiger partial charge >= 0.3 is 0 Å². The molecular weight excluding hydrogens is 390 g/mol. The van der Waals surface area contributed by atoms with E-state index in [0.717, 1.165) is 27.8 Å². The van der Waals surface area contributed by atoms with E-state index in [2.05, 4.69) is 15.2 Å². The Labute approximate surface area is 170 Å². The van der Waals surface area contributed by atoms with Crippen LogP contribution in [0.15, 0.2) is 52.4 Å². The normalized spacial score (nSPS) is 17.7. The van der Waals surface area contributed by atoms with Crippen molar-refractivity contribution < 1.29 is 13.6 Å². The summed E-state index contributed by atoms with van der Waals surface area (Å²) < 4.78 is 26.7. The summed E-state index contributed by atoms with van der Waals surface area (Å²) in [4.78, 5) is 30.7. The Balaban J connectivity index is 1.41. The number of carbonyl (C=O) groups excluding carboxylic acids is 1. The third kappa shape index (κ3) is 3.18. The number of aromatic amines is 1. The molecule has 2 aromatic carbocycles. The van der Waals surface area contributed by atoms with Gasteiger partial charge in [0.1, 0.15) is 0 Å². The van der Waals surface area contributed by atoms with Gasteiger partial charge in [0.2, 0.25) is 0 Å². The highest BCUT2D eigenvalue weighted by molar-refractivity contribution is 6.16. The number of halogens is 2. The number of fused-ring (bicyclic) bond motifs is 2. The van der Waals surface area contributed by atoms with Gasteiger partial charge < -0.3 is 4.90 Å². The van der Waals surface area contributed by atoms with E-state index in [0.29, 0.717) is 17.5 Å². The molecule has 5 rings (SSSR count). The van der Waals surface area contributed by atoms with Crippen LogP contribution in [0, 0.1) is 0 Å². The summed E-state index contributed by atoms with van der Waals surface area (Å²) in [6, 6.07) is 10.8. The Hall–Kier alpha value is -3.42. The van der Waals surface area contributed by atoms with Gasteiger partial charge in [-0.05, 0) is 29.8 Å². The smallest absolute Gasteiger partial charge is 0.272 e. The fraction of sp³-hybridized carbons (Fsp3) is 0.273. The Kier molecular flexibility index (Phi) is 4.23. The van der Waals surface area contributed by atoms with Crippen LogP contribution in [-0.4, -0.2) is 45.7 Å². The number of amides is 1. The SMILES string of the molecule is O=C(c1ccc2c(c1)CN=C2c1ccc2c(=O)[nH]ncc2c1)N1CCC(F)(F)CC1. The van der Waals surface area contributed by atoms with E-state index in [1.807, 2.05) is 18.2 Å². The first-order valence-corrected chi connectivity index (χ1v) is 9.74. The van der Waals surface area contributed by atoms with Crippen LogP contribution >= 0.6 is 0 Å². The Morgan fingerprint density at radius 2 is 1.90 bits per heavy atom. The monoisotopic (exact) mass is 408 g/mol. The molecule has 30 heavy (non-hydrogen) atoms. The number of benzene rings is 2. The van der Waals surface area contributed by atoms with Crippen molar-refractivity contribution >= 4 is 22.4 Å². The molecule has 1 saturated heterocycles. The van der Waals surface area contributed by atoms with E-state index >= 15 is 0 Å². The summed E-state index contributed by atoms with van der Waals surface area (Å²) in [7, 11) is 0. The molecule has 1 N–H and O–H groups in total. The largest absolute Gasteiger partial charge is 0.338 e. The van der Waals surface area contributed by atoms with Crippen LogP contribution in [0.4, 0.5) is 8.78 Å². The van der Waals surface area contributed by atoms with Crippen LogP contribution in [0.2, 0.25) is 0 Å². The quantitative estimate of drug-likeness (QED) is 0.708. The number of likely N-dealkylation sites (tertiary alicyclic amines) is 1. The maximum absolute atomic E-state index is 13.4. The highest BCUT2D eigenvalue weighted by Crippen LogP contribution is 2.30. The molecule has 2 aliphatic heterocycles. The molecular formula is C22H18F2N4O2. The summed E-state index contributed by atoms with van der Waals surface area (Å²) in [5.41, 5.74) is 3.75. The number of piperidine rings is 1. The van der Waals surface area contributed by atoms with Crippen LogP contribution in [0.3, 0.4) is 0 Å². The molecule has 0 atom stereocenters. The van der Waals surface area contributed by atoms with Gasteiger partial charge in [-0.2, -0.15) is 5.10 Å². The predicted molar refractivity (Wildman–Crippen MR) is 108 cm³/mol. The lowest BCUT2D eigenvalue weighted by Crippen LogP contribution is -2.42. The van der Waals surface area contributed by atoms with Crippen molar-refractivity contribution in [1.82, 2.24) is 15.1 Å². The van der Waals surface area contributed by atoms with Gasteiger partial charge in [0.05, 0.1) is 23.8 Å². The molecule has 0 radical (unpaired) electrons. The first-order chi connectivity index (χ1) is 14.4. The zero-order valence-electron chi connectivity index (χ0n) is 16.0.